The molecule has 0 aromatic heterocycles. The molecule has 0 aliphatic carbocycles. The SMILES string of the molecule is CCCC1=CC(=C(Br)Br)OC1=O. The summed E-state index contributed by atoms with van der Waals surface area (Å²) in [6.45, 7) is 2.03. The third kappa shape index (κ3) is 2.20. The molecular formula is C8H8Br2O2. The first-order valence-electron chi connectivity index (χ1n) is 3.63. The molecule has 1 aliphatic rings. The van der Waals surface area contributed by atoms with Gasteiger partial charge >= 0.3 is 5.97 Å². The lowest BCUT2D eigenvalue weighted by Crippen LogP contribution is -1.98. The molecule has 0 atom stereocenters. The van der Waals surface area contributed by atoms with Gasteiger partial charge in [0.2, 0.25) is 0 Å². The summed E-state index contributed by atoms with van der Waals surface area (Å²) in [4.78, 5) is 11.1. The molecule has 0 fully saturated rings. The van der Waals surface area contributed by atoms with Gasteiger partial charge in [0.1, 0.15) is 3.39 Å². The number of hydrogen-bond donors (Lipinski definition) is 0. The van der Waals surface area contributed by atoms with Crippen LogP contribution in [0.1, 0.15) is 19.8 Å². The van der Waals surface area contributed by atoms with Gasteiger partial charge in [-0.1, -0.05) is 13.3 Å². The van der Waals surface area contributed by atoms with Crippen LogP contribution >= 0.6 is 31.9 Å². The molecule has 0 spiro atoms. The average molecular weight is 296 g/mol. The second-order valence-corrected chi connectivity index (χ2v) is 5.08. The number of carbonyl (C=O) groups excluding carboxylic acids is 1. The van der Waals surface area contributed by atoms with Crippen LogP contribution in [-0.4, -0.2) is 5.97 Å². The van der Waals surface area contributed by atoms with Gasteiger partial charge in [-0.05, 0) is 44.4 Å². The number of ether oxygens (including phenoxy) is 1. The van der Waals surface area contributed by atoms with E-state index in [1.807, 2.05) is 6.92 Å². The second kappa shape index (κ2) is 4.23. The summed E-state index contributed by atoms with van der Waals surface area (Å²) in [6, 6.07) is 0. The number of carbonyl (C=O) groups is 1. The lowest BCUT2D eigenvalue weighted by Gasteiger charge is -1.95. The maximum absolute atomic E-state index is 11.1. The summed E-state index contributed by atoms with van der Waals surface area (Å²) in [7, 11) is 0. The molecule has 1 heterocycles. The standard InChI is InChI=1S/C8H8Br2O2/c1-2-3-5-4-6(7(9)10)12-8(5)11/h4H,2-3H2,1H3. The molecule has 0 amide bonds. The summed E-state index contributed by atoms with van der Waals surface area (Å²) < 4.78 is 5.62. The Bertz CT molecular complexity index is 262. The van der Waals surface area contributed by atoms with Crippen molar-refractivity contribution in [3.63, 3.8) is 0 Å². The molecule has 0 radical (unpaired) electrons. The third-order valence-corrected chi connectivity index (χ3v) is 2.26. The zero-order valence-electron chi connectivity index (χ0n) is 6.56. The first-order valence-corrected chi connectivity index (χ1v) is 5.21. The molecule has 0 N–H and O–H groups in total. The predicted octanol–water partition coefficient (Wildman–Crippen LogP) is 3.23. The van der Waals surface area contributed by atoms with Gasteiger partial charge in [-0.15, -0.1) is 0 Å². The van der Waals surface area contributed by atoms with Crippen LogP contribution in [0.3, 0.4) is 0 Å². The molecule has 66 valence electrons. The molecule has 1 rings (SSSR count). The number of esters is 1. The smallest absolute Gasteiger partial charge is 0.339 e. The van der Waals surface area contributed by atoms with E-state index in [2.05, 4.69) is 31.9 Å². The van der Waals surface area contributed by atoms with E-state index in [1.54, 1.807) is 6.08 Å². The minimum Gasteiger partial charge on any atom is -0.421 e. The van der Waals surface area contributed by atoms with Crippen LogP contribution in [0.15, 0.2) is 20.8 Å². The van der Waals surface area contributed by atoms with Gasteiger partial charge in [-0.2, -0.15) is 0 Å². The third-order valence-electron chi connectivity index (χ3n) is 1.48. The van der Waals surface area contributed by atoms with E-state index < -0.39 is 0 Å². The van der Waals surface area contributed by atoms with Gasteiger partial charge in [0.15, 0.2) is 5.76 Å². The maximum atomic E-state index is 11.1. The Morgan fingerprint density at radius 2 is 2.25 bits per heavy atom. The van der Waals surface area contributed by atoms with Crippen LogP contribution in [-0.2, 0) is 9.53 Å². The van der Waals surface area contributed by atoms with Crippen molar-refractivity contribution in [2.24, 2.45) is 0 Å². The molecule has 1 aliphatic heterocycles. The molecule has 0 bridgehead atoms. The van der Waals surface area contributed by atoms with E-state index in [4.69, 9.17) is 4.74 Å². The predicted molar refractivity (Wildman–Crippen MR) is 54.0 cm³/mol. The quantitative estimate of drug-likeness (QED) is 0.731. The zero-order valence-corrected chi connectivity index (χ0v) is 9.74. The van der Waals surface area contributed by atoms with Gasteiger partial charge in [0, 0.05) is 5.57 Å². The molecule has 0 saturated carbocycles. The Balaban J connectivity index is 2.82. The number of allylic oxidation sites excluding steroid dienone is 1. The summed E-state index contributed by atoms with van der Waals surface area (Å²) in [5.41, 5.74) is 0.740. The summed E-state index contributed by atoms with van der Waals surface area (Å²) in [5.74, 6) is 0.326. The van der Waals surface area contributed by atoms with Crippen molar-refractivity contribution in [3.05, 3.63) is 20.8 Å². The minimum absolute atomic E-state index is 0.233. The van der Waals surface area contributed by atoms with Crippen molar-refractivity contribution in [2.45, 2.75) is 19.8 Å². The number of halogens is 2. The van der Waals surface area contributed by atoms with Crippen molar-refractivity contribution >= 4 is 37.8 Å². The minimum atomic E-state index is -0.233. The van der Waals surface area contributed by atoms with Crippen molar-refractivity contribution in [2.75, 3.05) is 0 Å². The second-order valence-electron chi connectivity index (χ2n) is 2.43. The van der Waals surface area contributed by atoms with Crippen molar-refractivity contribution in [3.8, 4) is 0 Å². The maximum Gasteiger partial charge on any atom is 0.339 e. The van der Waals surface area contributed by atoms with E-state index in [-0.39, 0.29) is 5.97 Å². The lowest BCUT2D eigenvalue weighted by molar-refractivity contribution is -0.133. The Kier molecular flexibility index (Phi) is 3.53. The highest BCUT2D eigenvalue weighted by atomic mass is 79.9. The van der Waals surface area contributed by atoms with Gasteiger partial charge in [0.05, 0.1) is 0 Å². The topological polar surface area (TPSA) is 26.3 Å². The largest absolute Gasteiger partial charge is 0.421 e. The van der Waals surface area contributed by atoms with Gasteiger partial charge in [0.25, 0.3) is 0 Å². The average Bonchev–Trinajstić information content (AvgIpc) is 2.34. The molecule has 12 heavy (non-hydrogen) atoms. The van der Waals surface area contributed by atoms with Crippen molar-refractivity contribution in [1.29, 1.82) is 0 Å². The highest BCUT2D eigenvalue weighted by molar-refractivity contribution is 9.28. The molecule has 0 aromatic carbocycles. The Labute approximate surface area is 87.9 Å². The van der Waals surface area contributed by atoms with Crippen LogP contribution in [0.2, 0.25) is 0 Å². The van der Waals surface area contributed by atoms with Crippen molar-refractivity contribution < 1.29 is 9.53 Å². The van der Waals surface area contributed by atoms with Crippen LogP contribution < -0.4 is 0 Å². The van der Waals surface area contributed by atoms with E-state index in [9.17, 15) is 4.79 Å². The van der Waals surface area contributed by atoms with Crippen LogP contribution in [0.4, 0.5) is 0 Å². The summed E-state index contributed by atoms with van der Waals surface area (Å²) in [6.07, 6.45) is 3.48. The van der Waals surface area contributed by atoms with Crippen LogP contribution in [0, 0.1) is 0 Å². The molecule has 4 heteroatoms. The molecule has 0 unspecified atom stereocenters. The zero-order chi connectivity index (χ0) is 9.14. The molecule has 0 aromatic rings. The molecule has 2 nitrogen and oxygen atoms in total. The Morgan fingerprint density at radius 1 is 1.58 bits per heavy atom. The number of cyclic esters (lactones) is 1. The van der Waals surface area contributed by atoms with E-state index in [1.165, 1.54) is 0 Å². The van der Waals surface area contributed by atoms with Crippen LogP contribution in [0.5, 0.6) is 0 Å². The van der Waals surface area contributed by atoms with E-state index >= 15 is 0 Å². The first-order chi connectivity index (χ1) is 5.65. The molecular weight excluding hydrogens is 288 g/mol. The van der Waals surface area contributed by atoms with Crippen LogP contribution in [0.25, 0.3) is 0 Å². The fraction of sp³-hybridized carbons (Fsp3) is 0.375. The fourth-order valence-electron chi connectivity index (χ4n) is 0.949. The first kappa shape index (κ1) is 9.99. The Hall–Kier alpha value is -0.0900. The highest BCUT2D eigenvalue weighted by Crippen LogP contribution is 2.28. The normalized spacial score (nSPS) is 16.1. The molecule has 0 saturated heterocycles. The number of rotatable bonds is 2. The Morgan fingerprint density at radius 3 is 2.67 bits per heavy atom. The number of hydrogen-bond acceptors (Lipinski definition) is 2. The van der Waals surface area contributed by atoms with E-state index in [0.29, 0.717) is 9.15 Å². The van der Waals surface area contributed by atoms with E-state index in [0.717, 1.165) is 18.4 Å². The van der Waals surface area contributed by atoms with Gasteiger partial charge in [-0.3, -0.25) is 0 Å². The monoisotopic (exact) mass is 294 g/mol. The summed E-state index contributed by atoms with van der Waals surface area (Å²) >= 11 is 6.36. The van der Waals surface area contributed by atoms with Gasteiger partial charge in [-0.25, -0.2) is 4.79 Å². The highest BCUT2D eigenvalue weighted by Gasteiger charge is 2.21. The lowest BCUT2D eigenvalue weighted by atomic mass is 10.1. The van der Waals surface area contributed by atoms with Gasteiger partial charge < -0.3 is 4.74 Å². The summed E-state index contributed by atoms with van der Waals surface area (Å²) in [5, 5.41) is 0. The fourth-order valence-corrected chi connectivity index (χ4v) is 1.34. The van der Waals surface area contributed by atoms with Crippen molar-refractivity contribution in [1.82, 2.24) is 0 Å².